The van der Waals surface area contributed by atoms with Crippen molar-refractivity contribution in [2.45, 2.75) is 6.61 Å². The molecule has 1 atom stereocenters. The van der Waals surface area contributed by atoms with Gasteiger partial charge in [-0.2, -0.15) is 0 Å². The second-order valence-electron chi connectivity index (χ2n) is 3.44. The lowest BCUT2D eigenvalue weighted by Gasteiger charge is -2.06. The van der Waals surface area contributed by atoms with E-state index in [1.54, 1.807) is 12.1 Å². The van der Waals surface area contributed by atoms with Gasteiger partial charge < -0.3 is 4.52 Å². The lowest BCUT2D eigenvalue weighted by atomic mass is 10.2. The molecule has 0 aliphatic heterocycles. The van der Waals surface area contributed by atoms with Crippen LogP contribution in [0.25, 0.3) is 0 Å². The van der Waals surface area contributed by atoms with Crippen LogP contribution in [0.4, 0.5) is 0 Å². The molecule has 0 amide bonds. The molecule has 0 radical (unpaired) electrons. The number of hydrogen-bond donors (Lipinski definition) is 0. The summed E-state index contributed by atoms with van der Waals surface area (Å²) in [4.78, 5) is 0. The van der Waals surface area contributed by atoms with Crippen LogP contribution in [0, 0.1) is 0 Å². The summed E-state index contributed by atoms with van der Waals surface area (Å²) in [5.74, 6) is 0.560. The Bertz CT molecular complexity index is 471. The zero-order valence-electron chi connectivity index (χ0n) is 9.21. The van der Waals surface area contributed by atoms with Crippen LogP contribution >= 0.6 is 8.25 Å². The van der Waals surface area contributed by atoms with E-state index in [9.17, 15) is 4.57 Å². The van der Waals surface area contributed by atoms with Gasteiger partial charge in [0.05, 0.1) is 6.61 Å². The largest absolute Gasteiger partial charge is 0.426 e. The van der Waals surface area contributed by atoms with E-state index in [-0.39, 0.29) is 0 Å². The molecule has 0 N–H and O–H groups in total. The van der Waals surface area contributed by atoms with Gasteiger partial charge in [-0.05, 0) is 17.7 Å². The molecule has 2 aromatic rings. The van der Waals surface area contributed by atoms with E-state index in [1.807, 2.05) is 48.5 Å². The fourth-order valence-electron chi connectivity index (χ4n) is 1.33. The molecule has 0 fully saturated rings. The molecule has 88 valence electrons. The first-order valence-corrected chi connectivity index (χ1v) is 6.50. The average molecular weight is 248 g/mol. The van der Waals surface area contributed by atoms with Gasteiger partial charge in [-0.1, -0.05) is 48.5 Å². The van der Waals surface area contributed by atoms with Crippen LogP contribution in [0.15, 0.2) is 60.7 Å². The zero-order chi connectivity index (χ0) is 11.9. The van der Waals surface area contributed by atoms with Crippen molar-refractivity contribution in [1.29, 1.82) is 0 Å². The SMILES string of the molecule is O=[PH](OCc1ccccc1)Oc1ccccc1. The van der Waals surface area contributed by atoms with Crippen LogP contribution in [-0.2, 0) is 15.7 Å². The minimum absolute atomic E-state index is 0.297. The maximum Gasteiger partial charge on any atom is 0.368 e. The van der Waals surface area contributed by atoms with Crippen LogP contribution < -0.4 is 4.52 Å². The zero-order valence-corrected chi connectivity index (χ0v) is 10.2. The molecule has 4 heteroatoms. The minimum atomic E-state index is -2.49. The van der Waals surface area contributed by atoms with E-state index >= 15 is 0 Å². The molecule has 0 aromatic heterocycles. The lowest BCUT2D eigenvalue weighted by molar-refractivity contribution is 0.277. The first-order chi connectivity index (χ1) is 8.34. The number of benzene rings is 2. The van der Waals surface area contributed by atoms with Crippen molar-refractivity contribution in [3.63, 3.8) is 0 Å². The molecule has 0 heterocycles. The van der Waals surface area contributed by atoms with Gasteiger partial charge in [0, 0.05) is 0 Å². The van der Waals surface area contributed by atoms with Crippen LogP contribution in [0.3, 0.4) is 0 Å². The Hall–Kier alpha value is -1.57. The van der Waals surface area contributed by atoms with Crippen molar-refractivity contribution >= 4 is 8.25 Å². The molecule has 0 saturated heterocycles. The van der Waals surface area contributed by atoms with Gasteiger partial charge in [0.25, 0.3) is 0 Å². The highest BCUT2D eigenvalue weighted by Crippen LogP contribution is 2.28. The van der Waals surface area contributed by atoms with Crippen LogP contribution in [0.5, 0.6) is 5.75 Å². The summed E-state index contributed by atoms with van der Waals surface area (Å²) in [7, 11) is -2.49. The predicted octanol–water partition coefficient (Wildman–Crippen LogP) is 3.67. The van der Waals surface area contributed by atoms with Gasteiger partial charge in [0.1, 0.15) is 5.75 Å². The molecule has 0 aliphatic rings. The second kappa shape index (κ2) is 6.24. The van der Waals surface area contributed by atoms with Gasteiger partial charge >= 0.3 is 8.25 Å². The molecular weight excluding hydrogens is 235 g/mol. The normalized spacial score (nSPS) is 12.0. The van der Waals surface area contributed by atoms with Gasteiger partial charge in [-0.3, -0.25) is 4.52 Å². The molecule has 17 heavy (non-hydrogen) atoms. The Balaban J connectivity index is 1.83. The number of para-hydroxylation sites is 1. The van der Waals surface area contributed by atoms with Crippen molar-refractivity contribution in [3.05, 3.63) is 66.2 Å². The van der Waals surface area contributed by atoms with Gasteiger partial charge in [0.2, 0.25) is 0 Å². The first kappa shape index (κ1) is 11.9. The third-order valence-corrected chi connectivity index (χ3v) is 2.93. The third-order valence-electron chi connectivity index (χ3n) is 2.14. The van der Waals surface area contributed by atoms with Crippen molar-refractivity contribution < 1.29 is 13.6 Å². The Labute approximate surface area is 101 Å². The summed E-state index contributed by atoms with van der Waals surface area (Å²) in [5, 5.41) is 0. The van der Waals surface area contributed by atoms with Crippen LogP contribution in [-0.4, -0.2) is 0 Å². The first-order valence-electron chi connectivity index (χ1n) is 5.28. The average Bonchev–Trinajstić information content (AvgIpc) is 2.39. The van der Waals surface area contributed by atoms with Gasteiger partial charge in [-0.25, -0.2) is 4.57 Å². The smallest absolute Gasteiger partial charge is 0.368 e. The van der Waals surface area contributed by atoms with Crippen molar-refractivity contribution in [3.8, 4) is 5.75 Å². The highest BCUT2D eigenvalue weighted by molar-refractivity contribution is 7.33. The second-order valence-corrected chi connectivity index (χ2v) is 4.43. The molecule has 2 aromatic carbocycles. The topological polar surface area (TPSA) is 35.5 Å². The maximum absolute atomic E-state index is 11.5. The predicted molar refractivity (Wildman–Crippen MR) is 67.3 cm³/mol. The summed E-state index contributed by atoms with van der Waals surface area (Å²) in [5.41, 5.74) is 0.975. The highest BCUT2D eigenvalue weighted by atomic mass is 31.1. The van der Waals surface area contributed by atoms with E-state index in [2.05, 4.69) is 0 Å². The van der Waals surface area contributed by atoms with E-state index in [4.69, 9.17) is 9.05 Å². The number of hydrogen-bond acceptors (Lipinski definition) is 3. The molecule has 1 unspecified atom stereocenters. The third kappa shape index (κ3) is 4.06. The number of rotatable bonds is 5. The van der Waals surface area contributed by atoms with Crippen molar-refractivity contribution in [1.82, 2.24) is 0 Å². The lowest BCUT2D eigenvalue weighted by Crippen LogP contribution is -1.88. The molecule has 2 rings (SSSR count). The van der Waals surface area contributed by atoms with Crippen molar-refractivity contribution in [2.75, 3.05) is 0 Å². The molecule has 0 aliphatic carbocycles. The fourth-order valence-corrected chi connectivity index (χ4v) is 2.00. The summed E-state index contributed by atoms with van der Waals surface area (Å²) < 4.78 is 21.8. The van der Waals surface area contributed by atoms with E-state index in [1.165, 1.54) is 0 Å². The summed E-state index contributed by atoms with van der Waals surface area (Å²) in [6.45, 7) is 0.297. The van der Waals surface area contributed by atoms with E-state index < -0.39 is 8.25 Å². The van der Waals surface area contributed by atoms with E-state index in [0.29, 0.717) is 12.4 Å². The van der Waals surface area contributed by atoms with Crippen LogP contribution in [0.1, 0.15) is 5.56 Å². The Kier molecular flexibility index (Phi) is 4.37. The van der Waals surface area contributed by atoms with Crippen molar-refractivity contribution in [2.24, 2.45) is 0 Å². The minimum Gasteiger partial charge on any atom is -0.426 e. The molecule has 3 nitrogen and oxygen atoms in total. The Morgan fingerprint density at radius 1 is 0.882 bits per heavy atom. The highest BCUT2D eigenvalue weighted by Gasteiger charge is 2.01. The summed E-state index contributed by atoms with van der Waals surface area (Å²) in [6.07, 6.45) is 0. The van der Waals surface area contributed by atoms with E-state index in [0.717, 1.165) is 5.56 Å². The molecule has 0 saturated carbocycles. The monoisotopic (exact) mass is 248 g/mol. The van der Waals surface area contributed by atoms with Gasteiger partial charge in [0.15, 0.2) is 0 Å². The Morgan fingerprint density at radius 2 is 1.47 bits per heavy atom. The van der Waals surface area contributed by atoms with Gasteiger partial charge in [-0.15, -0.1) is 0 Å². The molecule has 0 spiro atoms. The quantitative estimate of drug-likeness (QED) is 0.757. The fraction of sp³-hybridized carbons (Fsp3) is 0.0769. The molecular formula is C13H13O3P. The summed E-state index contributed by atoms with van der Waals surface area (Å²) >= 11 is 0. The molecule has 0 bridgehead atoms. The van der Waals surface area contributed by atoms with Crippen LogP contribution in [0.2, 0.25) is 0 Å². The standard InChI is InChI=1S/C13H13O3P/c14-17(16-13-9-5-2-6-10-13)15-11-12-7-3-1-4-8-12/h1-10,17H,11H2. The maximum atomic E-state index is 11.5. The summed E-state index contributed by atoms with van der Waals surface area (Å²) in [6, 6.07) is 18.6. The Morgan fingerprint density at radius 3 is 2.12 bits per heavy atom.